The highest BCUT2D eigenvalue weighted by Gasteiger charge is 2.38. The summed E-state index contributed by atoms with van der Waals surface area (Å²) in [6.45, 7) is 5.88. The van der Waals surface area contributed by atoms with Crippen LogP contribution in [0.4, 0.5) is 5.69 Å². The van der Waals surface area contributed by atoms with Crippen molar-refractivity contribution in [3.8, 4) is 5.75 Å². The van der Waals surface area contributed by atoms with Crippen LogP contribution in [0.2, 0.25) is 0 Å². The van der Waals surface area contributed by atoms with Crippen molar-refractivity contribution in [2.24, 2.45) is 0 Å². The van der Waals surface area contributed by atoms with Crippen molar-refractivity contribution in [3.63, 3.8) is 0 Å². The van der Waals surface area contributed by atoms with Crippen LogP contribution in [0, 0.1) is 13.8 Å². The number of rotatable bonds is 4. The van der Waals surface area contributed by atoms with Gasteiger partial charge in [-0.15, -0.1) is 0 Å². The van der Waals surface area contributed by atoms with Gasteiger partial charge in [-0.05, 0) is 37.1 Å². The molecular weight excluding hydrogens is 316 g/mol. The molecule has 25 heavy (non-hydrogen) atoms. The molecule has 5 nitrogen and oxygen atoms in total. The highest BCUT2D eigenvalue weighted by Crippen LogP contribution is 2.40. The maximum atomic E-state index is 13.0. The lowest BCUT2D eigenvalue weighted by molar-refractivity contribution is -0.126. The minimum Gasteiger partial charge on any atom is -0.497 e. The summed E-state index contributed by atoms with van der Waals surface area (Å²) in [5.74, 6) is 0.462. The Morgan fingerprint density at radius 1 is 1.20 bits per heavy atom. The maximum Gasteiger partial charge on any atom is 0.254 e. The maximum absolute atomic E-state index is 13.0. The average molecular weight is 338 g/mol. The second-order valence-corrected chi connectivity index (χ2v) is 6.43. The number of fused-ring (bicyclic) bond motifs is 1. The van der Waals surface area contributed by atoms with Crippen molar-refractivity contribution in [2.75, 3.05) is 12.0 Å². The van der Waals surface area contributed by atoms with Crippen LogP contribution >= 0.6 is 0 Å². The Bertz CT molecular complexity index is 828. The van der Waals surface area contributed by atoms with E-state index in [4.69, 9.17) is 4.74 Å². The first-order valence-electron chi connectivity index (χ1n) is 8.23. The summed E-state index contributed by atoms with van der Waals surface area (Å²) in [4.78, 5) is 26.3. The van der Waals surface area contributed by atoms with Crippen LogP contribution in [-0.2, 0) is 16.1 Å². The van der Waals surface area contributed by atoms with Gasteiger partial charge in [-0.1, -0.05) is 29.8 Å². The first-order chi connectivity index (χ1) is 11.9. The van der Waals surface area contributed by atoms with Gasteiger partial charge in [-0.2, -0.15) is 0 Å². The monoisotopic (exact) mass is 338 g/mol. The molecule has 130 valence electrons. The molecule has 2 amide bonds. The number of benzene rings is 2. The first-order valence-corrected chi connectivity index (χ1v) is 8.23. The number of hydrogen-bond acceptors (Lipinski definition) is 3. The molecule has 3 rings (SSSR count). The predicted octanol–water partition coefficient (Wildman–Crippen LogP) is 3.04. The Morgan fingerprint density at radius 3 is 2.48 bits per heavy atom. The Balaban J connectivity index is 1.99. The highest BCUT2D eigenvalue weighted by molar-refractivity contribution is 6.06. The molecule has 0 saturated carbocycles. The highest BCUT2D eigenvalue weighted by atomic mass is 16.5. The minimum atomic E-state index is -0.621. The van der Waals surface area contributed by atoms with E-state index in [9.17, 15) is 9.59 Å². The molecular formula is C20H22N2O3. The fraction of sp³-hybridized carbons (Fsp3) is 0.300. The average Bonchev–Trinajstić information content (AvgIpc) is 2.81. The van der Waals surface area contributed by atoms with E-state index in [1.807, 2.05) is 44.2 Å². The van der Waals surface area contributed by atoms with E-state index < -0.39 is 6.04 Å². The van der Waals surface area contributed by atoms with Gasteiger partial charge < -0.3 is 15.0 Å². The number of hydrogen-bond donors (Lipinski definition) is 1. The molecule has 1 unspecified atom stereocenters. The van der Waals surface area contributed by atoms with E-state index in [2.05, 4.69) is 11.4 Å². The summed E-state index contributed by atoms with van der Waals surface area (Å²) < 4.78 is 5.18. The number of nitrogens with one attached hydrogen (secondary N) is 1. The minimum absolute atomic E-state index is 0.102. The molecule has 0 saturated heterocycles. The predicted molar refractivity (Wildman–Crippen MR) is 96.7 cm³/mol. The third kappa shape index (κ3) is 3.22. The molecule has 1 atom stereocenters. The molecule has 2 aromatic carbocycles. The molecule has 1 aliphatic rings. The molecule has 1 aliphatic heterocycles. The Hall–Kier alpha value is -2.82. The fourth-order valence-corrected chi connectivity index (χ4v) is 3.39. The summed E-state index contributed by atoms with van der Waals surface area (Å²) >= 11 is 0. The number of nitrogens with zero attached hydrogens (tertiary/aromatic N) is 1. The number of methoxy groups -OCH3 is 1. The molecule has 0 aliphatic carbocycles. The zero-order valence-corrected chi connectivity index (χ0v) is 14.9. The van der Waals surface area contributed by atoms with Gasteiger partial charge in [0.2, 0.25) is 5.91 Å². The van der Waals surface area contributed by atoms with Crippen molar-refractivity contribution in [3.05, 3.63) is 58.7 Å². The smallest absolute Gasteiger partial charge is 0.254 e. The van der Waals surface area contributed by atoms with Gasteiger partial charge in [0.15, 0.2) is 0 Å². The number of carbonyl (C=O) groups is 2. The van der Waals surface area contributed by atoms with Gasteiger partial charge in [0.05, 0.1) is 19.3 Å². The normalized spacial score (nSPS) is 15.9. The number of amides is 2. The van der Waals surface area contributed by atoms with Gasteiger partial charge in [-0.25, -0.2) is 0 Å². The van der Waals surface area contributed by atoms with Crippen LogP contribution in [0.3, 0.4) is 0 Å². The second-order valence-electron chi connectivity index (χ2n) is 6.43. The van der Waals surface area contributed by atoms with Crippen molar-refractivity contribution in [1.82, 2.24) is 5.32 Å². The van der Waals surface area contributed by atoms with Crippen molar-refractivity contribution >= 4 is 17.5 Å². The molecule has 1 N–H and O–H groups in total. The zero-order chi connectivity index (χ0) is 18.1. The lowest BCUT2D eigenvalue weighted by atomic mass is 10.0. The van der Waals surface area contributed by atoms with Crippen LogP contribution in [0.15, 0.2) is 36.4 Å². The standard InChI is InChI=1S/C20H22N2O3/c1-12-9-13(2)19-17(10-12)18(21-14(3)23)20(24)22(19)11-15-5-7-16(25-4)8-6-15/h5-10,18H,11H2,1-4H3,(H,21,23). The van der Waals surface area contributed by atoms with E-state index in [0.29, 0.717) is 6.54 Å². The van der Waals surface area contributed by atoms with E-state index in [0.717, 1.165) is 33.7 Å². The molecule has 2 aromatic rings. The number of ether oxygens (including phenoxy) is 1. The molecule has 0 spiro atoms. The molecule has 0 bridgehead atoms. The Kier molecular flexibility index (Phi) is 4.49. The van der Waals surface area contributed by atoms with Gasteiger partial charge >= 0.3 is 0 Å². The van der Waals surface area contributed by atoms with E-state index >= 15 is 0 Å². The van der Waals surface area contributed by atoms with E-state index in [-0.39, 0.29) is 11.8 Å². The summed E-state index contributed by atoms with van der Waals surface area (Å²) in [5.41, 5.74) is 4.87. The van der Waals surface area contributed by atoms with Crippen LogP contribution in [0.5, 0.6) is 5.75 Å². The molecule has 0 aromatic heterocycles. The van der Waals surface area contributed by atoms with E-state index in [1.54, 1.807) is 12.0 Å². The Labute approximate surface area is 147 Å². The van der Waals surface area contributed by atoms with Crippen LogP contribution < -0.4 is 15.0 Å². The number of carbonyl (C=O) groups excluding carboxylic acids is 2. The molecule has 0 fully saturated rings. The lowest BCUT2D eigenvalue weighted by Crippen LogP contribution is -2.36. The van der Waals surface area contributed by atoms with Crippen molar-refractivity contribution in [1.29, 1.82) is 0 Å². The van der Waals surface area contributed by atoms with Crippen molar-refractivity contribution < 1.29 is 14.3 Å². The van der Waals surface area contributed by atoms with Crippen molar-refractivity contribution in [2.45, 2.75) is 33.4 Å². The number of anilines is 1. The fourth-order valence-electron chi connectivity index (χ4n) is 3.39. The summed E-state index contributed by atoms with van der Waals surface area (Å²) in [6.07, 6.45) is 0. The Morgan fingerprint density at radius 2 is 1.88 bits per heavy atom. The van der Waals surface area contributed by atoms with Gasteiger partial charge in [-0.3, -0.25) is 9.59 Å². The van der Waals surface area contributed by atoms with E-state index in [1.165, 1.54) is 6.92 Å². The van der Waals surface area contributed by atoms with Crippen LogP contribution in [0.1, 0.15) is 35.2 Å². The topological polar surface area (TPSA) is 58.6 Å². The quantitative estimate of drug-likeness (QED) is 0.932. The summed E-state index contributed by atoms with van der Waals surface area (Å²) in [5, 5.41) is 2.79. The third-order valence-corrected chi connectivity index (χ3v) is 4.42. The summed E-state index contributed by atoms with van der Waals surface area (Å²) in [7, 11) is 1.62. The number of aryl methyl sites for hydroxylation is 2. The molecule has 0 radical (unpaired) electrons. The third-order valence-electron chi connectivity index (χ3n) is 4.42. The molecule has 5 heteroatoms. The summed E-state index contributed by atoms with van der Waals surface area (Å²) in [6, 6.07) is 11.1. The van der Waals surface area contributed by atoms with Crippen LogP contribution in [-0.4, -0.2) is 18.9 Å². The van der Waals surface area contributed by atoms with Gasteiger partial charge in [0.25, 0.3) is 5.91 Å². The van der Waals surface area contributed by atoms with Crippen LogP contribution in [0.25, 0.3) is 0 Å². The molecule has 1 heterocycles. The zero-order valence-electron chi connectivity index (χ0n) is 14.9. The second kappa shape index (κ2) is 6.59. The SMILES string of the molecule is COc1ccc(CN2C(=O)C(NC(C)=O)c3cc(C)cc(C)c32)cc1. The van der Waals surface area contributed by atoms with Gasteiger partial charge in [0.1, 0.15) is 11.8 Å². The lowest BCUT2D eigenvalue weighted by Gasteiger charge is -2.20. The first kappa shape index (κ1) is 17.0. The largest absolute Gasteiger partial charge is 0.497 e. The van der Waals surface area contributed by atoms with Gasteiger partial charge in [0, 0.05) is 12.5 Å².